The molecule has 0 saturated carbocycles. The van der Waals surface area contributed by atoms with Gasteiger partial charge in [-0.1, -0.05) is 30.3 Å². The second-order valence-corrected chi connectivity index (χ2v) is 7.29. The van der Waals surface area contributed by atoms with Gasteiger partial charge in [0.1, 0.15) is 23.9 Å². The van der Waals surface area contributed by atoms with Gasteiger partial charge in [0.25, 0.3) is 5.69 Å². The van der Waals surface area contributed by atoms with Crippen molar-refractivity contribution in [3.8, 4) is 17.2 Å². The molecule has 0 aliphatic heterocycles. The maximum absolute atomic E-state index is 11.7. The van der Waals surface area contributed by atoms with Crippen LogP contribution in [0.1, 0.15) is 16.7 Å². The largest absolute Gasteiger partial charge is 0.768 e. The van der Waals surface area contributed by atoms with E-state index in [0.717, 1.165) is 5.56 Å². The Kier molecular flexibility index (Phi) is 6.26. The van der Waals surface area contributed by atoms with E-state index in [1.165, 1.54) is 24.3 Å². The highest BCUT2D eigenvalue weighted by Crippen LogP contribution is 2.35. The molecule has 3 aromatic rings. The first kappa shape index (κ1) is 20.5. The van der Waals surface area contributed by atoms with E-state index in [1.54, 1.807) is 19.9 Å². The SMILES string of the molecule is Cc1cc([N+](=O)[O-])cc(C)c1Oc1ccc(OCc2ccccc2)c(S(=O)[O-])c1. The predicted molar refractivity (Wildman–Crippen MR) is 107 cm³/mol. The van der Waals surface area contributed by atoms with E-state index in [1.807, 2.05) is 30.3 Å². The Balaban J connectivity index is 1.85. The van der Waals surface area contributed by atoms with Gasteiger partial charge >= 0.3 is 0 Å². The summed E-state index contributed by atoms with van der Waals surface area (Å²) < 4.78 is 34.8. The average molecular weight is 412 g/mol. The molecule has 3 rings (SSSR count). The first-order chi connectivity index (χ1) is 13.8. The van der Waals surface area contributed by atoms with Gasteiger partial charge in [-0.15, -0.1) is 0 Å². The minimum absolute atomic E-state index is 0.0293. The lowest BCUT2D eigenvalue weighted by Crippen LogP contribution is -2.01. The van der Waals surface area contributed by atoms with E-state index in [9.17, 15) is 18.9 Å². The summed E-state index contributed by atoms with van der Waals surface area (Å²) in [6.45, 7) is 3.62. The summed E-state index contributed by atoms with van der Waals surface area (Å²) in [7, 11) is 0. The molecule has 1 unspecified atom stereocenters. The van der Waals surface area contributed by atoms with Crippen molar-refractivity contribution in [3.63, 3.8) is 0 Å². The number of hydrogen-bond donors (Lipinski definition) is 0. The maximum atomic E-state index is 11.7. The van der Waals surface area contributed by atoms with Gasteiger partial charge in [-0.25, -0.2) is 0 Å². The highest BCUT2D eigenvalue weighted by molar-refractivity contribution is 7.79. The van der Waals surface area contributed by atoms with Crippen molar-refractivity contribution in [2.75, 3.05) is 0 Å². The number of nitro groups is 1. The van der Waals surface area contributed by atoms with Gasteiger partial charge < -0.3 is 14.0 Å². The fourth-order valence-corrected chi connectivity index (χ4v) is 3.35. The molecule has 0 amide bonds. The monoisotopic (exact) mass is 412 g/mol. The fraction of sp³-hybridized carbons (Fsp3) is 0.143. The van der Waals surface area contributed by atoms with Crippen molar-refractivity contribution >= 4 is 16.8 Å². The Labute approximate surface area is 170 Å². The number of hydrogen-bond acceptors (Lipinski definition) is 6. The molecule has 3 aromatic carbocycles. The number of nitrogens with zero attached hydrogens (tertiary/aromatic N) is 1. The Morgan fingerprint density at radius 2 is 1.66 bits per heavy atom. The molecule has 1 atom stereocenters. The Bertz CT molecular complexity index is 1050. The summed E-state index contributed by atoms with van der Waals surface area (Å²) >= 11 is -2.53. The molecule has 0 fully saturated rings. The normalized spacial score (nSPS) is 11.7. The van der Waals surface area contributed by atoms with Crippen LogP contribution in [0.3, 0.4) is 0 Å². The van der Waals surface area contributed by atoms with Crippen molar-refractivity contribution in [1.82, 2.24) is 0 Å². The second-order valence-electron chi connectivity index (χ2n) is 6.39. The van der Waals surface area contributed by atoms with Crippen LogP contribution in [0.25, 0.3) is 0 Å². The molecule has 0 heterocycles. The molecule has 7 nitrogen and oxygen atoms in total. The highest BCUT2D eigenvalue weighted by atomic mass is 32.2. The van der Waals surface area contributed by atoms with E-state index >= 15 is 0 Å². The predicted octanol–water partition coefficient (Wildman–Crippen LogP) is 4.82. The molecule has 0 aliphatic carbocycles. The van der Waals surface area contributed by atoms with Gasteiger partial charge in [-0.3, -0.25) is 14.3 Å². The van der Waals surface area contributed by atoms with Crippen LogP contribution in [0.2, 0.25) is 0 Å². The minimum atomic E-state index is -2.53. The quantitative estimate of drug-likeness (QED) is 0.313. The van der Waals surface area contributed by atoms with Gasteiger partial charge in [0, 0.05) is 12.1 Å². The van der Waals surface area contributed by atoms with Crippen molar-refractivity contribution < 1.29 is 23.2 Å². The average Bonchev–Trinajstić information content (AvgIpc) is 2.70. The summed E-state index contributed by atoms with van der Waals surface area (Å²) in [6, 6.07) is 16.7. The van der Waals surface area contributed by atoms with Crippen LogP contribution in [-0.2, 0) is 17.7 Å². The molecule has 0 bridgehead atoms. The third-order valence-corrected chi connectivity index (χ3v) is 4.89. The lowest BCUT2D eigenvalue weighted by molar-refractivity contribution is -0.385. The van der Waals surface area contributed by atoms with E-state index in [2.05, 4.69) is 0 Å². The standard InChI is InChI=1S/C21H19NO6S/c1-14-10-17(22(23)24)11-15(2)21(14)28-18-8-9-19(20(12-18)29(25)26)27-13-16-6-4-3-5-7-16/h3-12H,13H2,1-2H3,(H,25,26)/p-1. The maximum Gasteiger partial charge on any atom is 0.270 e. The topological polar surface area (TPSA) is 102 Å². The number of non-ortho nitro benzene ring substituents is 1. The lowest BCUT2D eigenvalue weighted by Gasteiger charge is -2.16. The van der Waals surface area contributed by atoms with Crippen molar-refractivity contribution in [2.24, 2.45) is 0 Å². The molecule has 0 aliphatic rings. The Hall–Kier alpha value is -3.23. The van der Waals surface area contributed by atoms with Crippen LogP contribution >= 0.6 is 0 Å². The summed E-state index contributed by atoms with van der Waals surface area (Å²) in [5, 5.41) is 11.0. The van der Waals surface area contributed by atoms with Gasteiger partial charge in [0.15, 0.2) is 0 Å². The number of aryl methyl sites for hydroxylation is 2. The zero-order valence-corrected chi connectivity index (χ0v) is 16.6. The van der Waals surface area contributed by atoms with Crippen LogP contribution < -0.4 is 9.47 Å². The summed E-state index contributed by atoms with van der Waals surface area (Å²) in [5.74, 6) is 0.944. The minimum Gasteiger partial charge on any atom is -0.768 e. The van der Waals surface area contributed by atoms with E-state index in [4.69, 9.17) is 9.47 Å². The number of benzene rings is 3. The number of nitro benzene ring substituents is 1. The van der Waals surface area contributed by atoms with Crippen LogP contribution in [0.4, 0.5) is 5.69 Å². The summed E-state index contributed by atoms with van der Waals surface area (Å²) in [6.07, 6.45) is 0. The van der Waals surface area contributed by atoms with Gasteiger partial charge in [0.2, 0.25) is 0 Å². The number of ether oxygens (including phenoxy) is 2. The van der Waals surface area contributed by atoms with Crippen LogP contribution in [0.5, 0.6) is 17.2 Å². The molecule has 0 aromatic heterocycles. The van der Waals surface area contributed by atoms with E-state index < -0.39 is 16.0 Å². The second kappa shape index (κ2) is 8.85. The number of rotatable bonds is 7. The smallest absolute Gasteiger partial charge is 0.270 e. The molecule has 150 valence electrons. The van der Waals surface area contributed by atoms with Crippen molar-refractivity contribution in [1.29, 1.82) is 0 Å². The lowest BCUT2D eigenvalue weighted by atomic mass is 10.1. The molecular formula is C21H18NO6S-. The Morgan fingerprint density at radius 3 is 2.24 bits per heavy atom. The molecule has 0 N–H and O–H groups in total. The van der Waals surface area contributed by atoms with E-state index in [-0.39, 0.29) is 28.7 Å². The van der Waals surface area contributed by atoms with Crippen molar-refractivity contribution in [3.05, 3.63) is 87.5 Å². The summed E-state index contributed by atoms with van der Waals surface area (Å²) in [4.78, 5) is 10.5. The molecule has 0 spiro atoms. The molecule has 29 heavy (non-hydrogen) atoms. The van der Waals surface area contributed by atoms with Crippen LogP contribution in [0, 0.1) is 24.0 Å². The zero-order valence-electron chi connectivity index (χ0n) is 15.8. The molecule has 0 radical (unpaired) electrons. The zero-order chi connectivity index (χ0) is 21.0. The highest BCUT2D eigenvalue weighted by Gasteiger charge is 2.15. The first-order valence-corrected chi connectivity index (χ1v) is 9.76. The molecule has 8 heteroatoms. The van der Waals surface area contributed by atoms with Gasteiger partial charge in [-0.05, 0) is 59.8 Å². The van der Waals surface area contributed by atoms with E-state index in [0.29, 0.717) is 16.9 Å². The van der Waals surface area contributed by atoms with Gasteiger partial charge in [-0.2, -0.15) is 0 Å². The third kappa shape index (κ3) is 4.98. The molecular weight excluding hydrogens is 394 g/mol. The first-order valence-electron chi connectivity index (χ1n) is 8.68. The van der Waals surface area contributed by atoms with Crippen LogP contribution in [-0.4, -0.2) is 13.7 Å². The Morgan fingerprint density at radius 1 is 1.00 bits per heavy atom. The third-order valence-electron chi connectivity index (χ3n) is 4.21. The van der Waals surface area contributed by atoms with Crippen LogP contribution in [0.15, 0.2) is 65.6 Å². The summed E-state index contributed by atoms with van der Waals surface area (Å²) in [5.41, 5.74) is 2.03. The van der Waals surface area contributed by atoms with Crippen molar-refractivity contribution in [2.45, 2.75) is 25.3 Å². The molecule has 0 saturated heterocycles. The fourth-order valence-electron chi connectivity index (χ4n) is 2.85. The van der Waals surface area contributed by atoms with Gasteiger partial charge in [0.05, 0.1) is 9.82 Å².